The fourth-order valence-corrected chi connectivity index (χ4v) is 4.69. The monoisotopic (exact) mass is 428 g/mol. The Morgan fingerprint density at radius 3 is 2.14 bits per heavy atom. The second-order valence-corrected chi connectivity index (χ2v) is 8.88. The zero-order chi connectivity index (χ0) is 20.7. The van der Waals surface area contributed by atoms with E-state index in [1.807, 2.05) is 0 Å². The highest BCUT2D eigenvalue weighted by Gasteiger charge is 2.43. The van der Waals surface area contributed by atoms with Crippen molar-refractivity contribution in [2.75, 3.05) is 18.0 Å². The van der Waals surface area contributed by atoms with E-state index in [1.54, 1.807) is 48.5 Å². The number of anilines is 1. The van der Waals surface area contributed by atoms with Crippen molar-refractivity contribution in [1.82, 2.24) is 4.90 Å². The number of hydrogen-bond donors (Lipinski definition) is 0. The number of hydrogen-bond acceptors (Lipinski definition) is 3. The lowest BCUT2D eigenvalue weighted by atomic mass is 9.91. The SMILES string of the molecule is CC1CC(C)CN(C2=C(c3ccc(Cl)cc3)C(=O)N(c3cccc(Cl)c3)C2=O)C1. The fourth-order valence-electron chi connectivity index (χ4n) is 4.38. The summed E-state index contributed by atoms with van der Waals surface area (Å²) < 4.78 is 0. The Kier molecular flexibility index (Phi) is 5.41. The maximum atomic E-state index is 13.5. The van der Waals surface area contributed by atoms with Crippen molar-refractivity contribution in [1.29, 1.82) is 0 Å². The second kappa shape index (κ2) is 7.85. The molecule has 2 aromatic rings. The summed E-state index contributed by atoms with van der Waals surface area (Å²) in [5.41, 5.74) is 2.06. The summed E-state index contributed by atoms with van der Waals surface area (Å²) in [6.07, 6.45) is 1.11. The molecule has 2 heterocycles. The summed E-state index contributed by atoms with van der Waals surface area (Å²) in [4.78, 5) is 30.3. The molecule has 0 spiro atoms. The van der Waals surface area contributed by atoms with Crippen LogP contribution in [0.4, 0.5) is 5.69 Å². The molecular weight excluding hydrogens is 407 g/mol. The van der Waals surface area contributed by atoms with Gasteiger partial charge in [0.25, 0.3) is 11.8 Å². The standard InChI is InChI=1S/C23H22Cl2N2O2/c1-14-10-15(2)13-26(12-14)21-20(16-6-8-17(24)9-7-16)22(28)27(23(21)29)19-5-3-4-18(25)11-19/h3-9,11,14-15H,10,12-13H2,1-2H3. The normalized spacial score (nSPS) is 22.6. The maximum Gasteiger partial charge on any atom is 0.282 e. The largest absolute Gasteiger partial charge is 0.366 e. The first kappa shape index (κ1) is 20.0. The quantitative estimate of drug-likeness (QED) is 0.626. The molecule has 0 bridgehead atoms. The zero-order valence-electron chi connectivity index (χ0n) is 16.4. The van der Waals surface area contributed by atoms with E-state index in [4.69, 9.17) is 23.2 Å². The van der Waals surface area contributed by atoms with E-state index in [1.165, 1.54) is 4.90 Å². The van der Waals surface area contributed by atoms with Gasteiger partial charge >= 0.3 is 0 Å². The van der Waals surface area contributed by atoms with Crippen molar-refractivity contribution in [2.24, 2.45) is 11.8 Å². The van der Waals surface area contributed by atoms with Gasteiger partial charge in [0.15, 0.2) is 0 Å². The smallest absolute Gasteiger partial charge is 0.282 e. The summed E-state index contributed by atoms with van der Waals surface area (Å²) in [5, 5.41) is 1.06. The number of benzene rings is 2. The molecule has 2 aliphatic rings. The summed E-state index contributed by atoms with van der Waals surface area (Å²) in [5.74, 6) is 0.255. The number of imide groups is 1. The lowest BCUT2D eigenvalue weighted by molar-refractivity contribution is -0.120. The molecule has 0 N–H and O–H groups in total. The van der Waals surface area contributed by atoms with Crippen LogP contribution in [-0.2, 0) is 9.59 Å². The zero-order valence-corrected chi connectivity index (χ0v) is 17.9. The summed E-state index contributed by atoms with van der Waals surface area (Å²) in [6.45, 7) is 5.86. The van der Waals surface area contributed by atoms with Crippen LogP contribution in [0.25, 0.3) is 5.57 Å². The molecule has 0 radical (unpaired) electrons. The number of amides is 2. The lowest BCUT2D eigenvalue weighted by Crippen LogP contribution is -2.42. The van der Waals surface area contributed by atoms with Crippen LogP contribution in [0.3, 0.4) is 0 Å². The molecule has 2 unspecified atom stereocenters. The van der Waals surface area contributed by atoms with Gasteiger partial charge in [-0.15, -0.1) is 0 Å². The summed E-state index contributed by atoms with van der Waals surface area (Å²) >= 11 is 12.2. The Balaban J connectivity index is 1.84. The van der Waals surface area contributed by atoms with Crippen LogP contribution in [0.15, 0.2) is 54.2 Å². The molecule has 2 atom stereocenters. The fraction of sp³-hybridized carbons (Fsp3) is 0.304. The van der Waals surface area contributed by atoms with Crippen LogP contribution in [0.1, 0.15) is 25.8 Å². The molecule has 29 heavy (non-hydrogen) atoms. The lowest BCUT2D eigenvalue weighted by Gasteiger charge is -2.37. The second-order valence-electron chi connectivity index (χ2n) is 8.01. The Hall–Kier alpha value is -2.30. The van der Waals surface area contributed by atoms with Gasteiger partial charge in [-0.25, -0.2) is 4.90 Å². The molecule has 4 rings (SSSR count). The highest BCUT2D eigenvalue weighted by atomic mass is 35.5. The highest BCUT2D eigenvalue weighted by Crippen LogP contribution is 2.37. The van der Waals surface area contributed by atoms with Crippen LogP contribution in [0, 0.1) is 11.8 Å². The van der Waals surface area contributed by atoms with Crippen LogP contribution in [-0.4, -0.2) is 29.8 Å². The summed E-state index contributed by atoms with van der Waals surface area (Å²) in [6, 6.07) is 13.9. The van der Waals surface area contributed by atoms with Crippen molar-refractivity contribution in [3.8, 4) is 0 Å². The van der Waals surface area contributed by atoms with E-state index in [9.17, 15) is 9.59 Å². The predicted octanol–water partition coefficient (Wildman–Crippen LogP) is 5.26. The van der Waals surface area contributed by atoms with E-state index in [0.717, 1.165) is 19.5 Å². The number of carbonyl (C=O) groups excluding carboxylic acids is 2. The number of piperidine rings is 1. The van der Waals surface area contributed by atoms with Crippen molar-refractivity contribution in [2.45, 2.75) is 20.3 Å². The molecular formula is C23H22Cl2N2O2. The average molecular weight is 429 g/mol. The number of likely N-dealkylation sites (tertiary alicyclic amines) is 1. The number of rotatable bonds is 3. The first-order valence-corrected chi connectivity index (χ1v) is 10.5. The van der Waals surface area contributed by atoms with Gasteiger partial charge in [-0.2, -0.15) is 0 Å². The Morgan fingerprint density at radius 1 is 0.862 bits per heavy atom. The van der Waals surface area contributed by atoms with Crippen LogP contribution >= 0.6 is 23.2 Å². The number of carbonyl (C=O) groups is 2. The van der Waals surface area contributed by atoms with E-state index >= 15 is 0 Å². The van der Waals surface area contributed by atoms with Gasteiger partial charge in [0.2, 0.25) is 0 Å². The first-order chi connectivity index (χ1) is 13.8. The van der Waals surface area contributed by atoms with Gasteiger partial charge in [-0.3, -0.25) is 9.59 Å². The third-order valence-corrected chi connectivity index (χ3v) is 5.93. The van der Waals surface area contributed by atoms with E-state index < -0.39 is 0 Å². The van der Waals surface area contributed by atoms with Gasteiger partial charge in [0.05, 0.1) is 11.3 Å². The molecule has 0 aliphatic carbocycles. The van der Waals surface area contributed by atoms with Crippen LogP contribution < -0.4 is 4.90 Å². The average Bonchev–Trinajstić information content (AvgIpc) is 2.92. The van der Waals surface area contributed by atoms with Crippen molar-refractivity contribution < 1.29 is 9.59 Å². The van der Waals surface area contributed by atoms with E-state index in [0.29, 0.717) is 44.4 Å². The predicted molar refractivity (Wildman–Crippen MR) is 117 cm³/mol. The first-order valence-electron chi connectivity index (χ1n) is 9.74. The third-order valence-electron chi connectivity index (χ3n) is 5.44. The van der Waals surface area contributed by atoms with E-state index in [2.05, 4.69) is 18.7 Å². The molecule has 6 heteroatoms. The minimum absolute atomic E-state index is 0.302. The van der Waals surface area contributed by atoms with Crippen LogP contribution in [0.2, 0.25) is 10.0 Å². The number of nitrogens with zero attached hydrogens (tertiary/aromatic N) is 2. The molecule has 1 fully saturated rings. The molecule has 4 nitrogen and oxygen atoms in total. The van der Waals surface area contributed by atoms with Gasteiger partial charge in [-0.1, -0.05) is 55.2 Å². The van der Waals surface area contributed by atoms with Gasteiger partial charge in [0, 0.05) is 23.1 Å². The Bertz CT molecular complexity index is 990. The molecule has 1 saturated heterocycles. The number of halogens is 2. The highest BCUT2D eigenvalue weighted by molar-refractivity contribution is 6.45. The van der Waals surface area contributed by atoms with Gasteiger partial charge < -0.3 is 4.90 Å². The van der Waals surface area contributed by atoms with Gasteiger partial charge in [-0.05, 0) is 54.2 Å². The molecule has 2 aliphatic heterocycles. The molecule has 2 amide bonds. The molecule has 150 valence electrons. The Morgan fingerprint density at radius 2 is 1.52 bits per heavy atom. The topological polar surface area (TPSA) is 40.6 Å². The molecule has 0 saturated carbocycles. The van der Waals surface area contributed by atoms with Crippen molar-refractivity contribution >= 4 is 46.3 Å². The third kappa shape index (κ3) is 3.79. The Labute approximate surface area is 180 Å². The van der Waals surface area contributed by atoms with E-state index in [-0.39, 0.29) is 11.8 Å². The van der Waals surface area contributed by atoms with Crippen LogP contribution in [0.5, 0.6) is 0 Å². The minimum atomic E-state index is -0.333. The summed E-state index contributed by atoms with van der Waals surface area (Å²) in [7, 11) is 0. The molecule has 0 aromatic heterocycles. The van der Waals surface area contributed by atoms with Crippen molar-refractivity contribution in [3.63, 3.8) is 0 Å². The maximum absolute atomic E-state index is 13.5. The van der Waals surface area contributed by atoms with Gasteiger partial charge in [0.1, 0.15) is 5.70 Å². The minimum Gasteiger partial charge on any atom is -0.366 e. The molecule has 2 aromatic carbocycles. The van der Waals surface area contributed by atoms with Crippen molar-refractivity contribution in [3.05, 3.63) is 69.8 Å².